The Balaban J connectivity index is 2.17. The molecule has 2 aromatic rings. The number of nitrogens with zero attached hydrogens (tertiary/aromatic N) is 2. The third-order valence-corrected chi connectivity index (χ3v) is 4.07. The van der Waals surface area contributed by atoms with Gasteiger partial charge in [-0.2, -0.15) is 0 Å². The first-order valence-corrected chi connectivity index (χ1v) is 7.80. The average Bonchev–Trinajstić information content (AvgIpc) is 2.89. The van der Waals surface area contributed by atoms with Crippen molar-refractivity contribution in [3.05, 3.63) is 46.2 Å². The molecule has 0 spiro atoms. The van der Waals surface area contributed by atoms with E-state index in [1.165, 1.54) is 28.5 Å². The maximum absolute atomic E-state index is 13.0. The van der Waals surface area contributed by atoms with Gasteiger partial charge in [-0.25, -0.2) is 4.39 Å². The highest BCUT2D eigenvalue weighted by Crippen LogP contribution is 2.25. The van der Waals surface area contributed by atoms with E-state index in [9.17, 15) is 4.39 Å². The minimum Gasteiger partial charge on any atom is -0.309 e. The summed E-state index contributed by atoms with van der Waals surface area (Å²) in [6, 6.07) is 6.90. The Morgan fingerprint density at radius 3 is 2.65 bits per heavy atom. The van der Waals surface area contributed by atoms with Crippen molar-refractivity contribution in [3.63, 3.8) is 0 Å². The Bertz CT molecular complexity index is 524. The number of benzene rings is 1. The van der Waals surface area contributed by atoms with Crippen molar-refractivity contribution in [2.24, 2.45) is 0 Å². The number of hydrogen-bond donors (Lipinski definition) is 1. The average molecular weight is 293 g/mol. The van der Waals surface area contributed by atoms with E-state index in [1.807, 2.05) is 12.1 Å². The largest absolute Gasteiger partial charge is 0.309 e. The van der Waals surface area contributed by atoms with Crippen LogP contribution in [0.5, 0.6) is 0 Å². The lowest BCUT2D eigenvalue weighted by molar-refractivity contribution is 0.550. The molecule has 1 aromatic carbocycles. The fourth-order valence-electron chi connectivity index (χ4n) is 2.25. The molecule has 3 nitrogen and oxygen atoms in total. The van der Waals surface area contributed by atoms with Crippen LogP contribution in [0.3, 0.4) is 0 Å². The van der Waals surface area contributed by atoms with Gasteiger partial charge in [0.2, 0.25) is 0 Å². The normalized spacial score (nSPS) is 12.6. The molecule has 1 atom stereocenters. The Morgan fingerprint density at radius 2 is 2.00 bits per heavy atom. The molecule has 0 radical (unpaired) electrons. The zero-order valence-electron chi connectivity index (χ0n) is 11.9. The minimum atomic E-state index is -0.195. The van der Waals surface area contributed by atoms with E-state index in [-0.39, 0.29) is 11.9 Å². The van der Waals surface area contributed by atoms with Gasteiger partial charge in [-0.1, -0.05) is 36.9 Å². The molecule has 0 aliphatic carbocycles. The number of hydrogen-bond acceptors (Lipinski definition) is 4. The quantitative estimate of drug-likeness (QED) is 0.848. The first-order valence-electron chi connectivity index (χ1n) is 7.03. The molecule has 0 bridgehead atoms. The van der Waals surface area contributed by atoms with Crippen molar-refractivity contribution < 1.29 is 4.39 Å². The van der Waals surface area contributed by atoms with Crippen LogP contribution in [0.25, 0.3) is 0 Å². The number of aryl methyl sites for hydroxylation is 1. The van der Waals surface area contributed by atoms with E-state index >= 15 is 0 Å². The fourth-order valence-corrected chi connectivity index (χ4v) is 3.02. The maximum Gasteiger partial charge on any atom is 0.123 e. The molecule has 0 aliphatic rings. The maximum atomic E-state index is 13.0. The lowest BCUT2D eigenvalue weighted by Crippen LogP contribution is -2.23. The van der Waals surface area contributed by atoms with Gasteiger partial charge in [0, 0.05) is 6.04 Å². The van der Waals surface area contributed by atoms with Crippen molar-refractivity contribution in [3.8, 4) is 0 Å². The highest BCUT2D eigenvalue weighted by atomic mass is 32.1. The zero-order valence-corrected chi connectivity index (χ0v) is 12.7. The van der Waals surface area contributed by atoms with Gasteiger partial charge in [0.05, 0.1) is 10.6 Å². The van der Waals surface area contributed by atoms with Crippen LogP contribution >= 0.6 is 11.5 Å². The van der Waals surface area contributed by atoms with Gasteiger partial charge in [-0.3, -0.25) is 0 Å². The summed E-state index contributed by atoms with van der Waals surface area (Å²) in [4.78, 5) is 1.21. The van der Waals surface area contributed by atoms with Gasteiger partial charge >= 0.3 is 0 Å². The van der Waals surface area contributed by atoms with Crippen molar-refractivity contribution in [2.75, 3.05) is 6.54 Å². The highest BCUT2D eigenvalue weighted by molar-refractivity contribution is 7.05. The minimum absolute atomic E-state index is 0.195. The lowest BCUT2D eigenvalue weighted by Gasteiger charge is -2.17. The molecule has 0 aliphatic heterocycles. The molecule has 1 unspecified atom stereocenters. The lowest BCUT2D eigenvalue weighted by atomic mass is 10.0. The van der Waals surface area contributed by atoms with Gasteiger partial charge in [-0.05, 0) is 48.6 Å². The summed E-state index contributed by atoms with van der Waals surface area (Å²) in [5, 5.41) is 7.72. The van der Waals surface area contributed by atoms with E-state index in [2.05, 4.69) is 28.8 Å². The number of likely N-dealkylation sites (N-methyl/N-ethyl adjacent to an activating group) is 1. The Morgan fingerprint density at radius 1 is 1.25 bits per heavy atom. The third kappa shape index (κ3) is 3.84. The predicted octanol–water partition coefficient (Wildman–Crippen LogP) is 3.52. The standard InChI is InChI=1S/C15H20FN3S/c1-3-5-13-15(20-19-18-13)14(17-4-2)10-11-6-8-12(16)9-7-11/h6-9,14,17H,3-5,10H2,1-2H3. The van der Waals surface area contributed by atoms with E-state index in [0.717, 1.165) is 37.1 Å². The molecule has 1 aromatic heterocycles. The van der Waals surface area contributed by atoms with Crippen LogP contribution in [-0.4, -0.2) is 16.1 Å². The molecule has 5 heteroatoms. The number of aromatic nitrogens is 2. The number of nitrogens with one attached hydrogen (secondary N) is 1. The van der Waals surface area contributed by atoms with E-state index in [4.69, 9.17) is 0 Å². The molecular weight excluding hydrogens is 273 g/mol. The van der Waals surface area contributed by atoms with Crippen LogP contribution in [0.15, 0.2) is 24.3 Å². The van der Waals surface area contributed by atoms with Crippen LogP contribution in [0.2, 0.25) is 0 Å². The summed E-state index contributed by atoms with van der Waals surface area (Å²) in [5.41, 5.74) is 2.21. The monoisotopic (exact) mass is 293 g/mol. The van der Waals surface area contributed by atoms with E-state index in [1.54, 1.807) is 0 Å². The second-order valence-corrected chi connectivity index (χ2v) is 5.56. The smallest absolute Gasteiger partial charge is 0.123 e. The van der Waals surface area contributed by atoms with Crippen LogP contribution in [0, 0.1) is 5.82 Å². The Hall–Kier alpha value is -1.33. The van der Waals surface area contributed by atoms with E-state index in [0.29, 0.717) is 0 Å². The van der Waals surface area contributed by atoms with Gasteiger partial charge in [-0.15, -0.1) is 5.10 Å². The molecule has 1 heterocycles. The molecule has 1 N–H and O–H groups in total. The van der Waals surface area contributed by atoms with Gasteiger partial charge in [0.25, 0.3) is 0 Å². The first kappa shape index (κ1) is 15.1. The summed E-state index contributed by atoms with van der Waals surface area (Å²) in [5.74, 6) is -0.195. The molecule has 20 heavy (non-hydrogen) atoms. The SMILES string of the molecule is CCCc1nnsc1C(Cc1ccc(F)cc1)NCC. The summed E-state index contributed by atoms with van der Waals surface area (Å²) in [6.07, 6.45) is 2.85. The van der Waals surface area contributed by atoms with Crippen LogP contribution < -0.4 is 5.32 Å². The van der Waals surface area contributed by atoms with Crippen molar-refractivity contribution in [1.29, 1.82) is 0 Å². The van der Waals surface area contributed by atoms with Crippen LogP contribution in [0.1, 0.15) is 42.4 Å². The topological polar surface area (TPSA) is 37.8 Å². The molecule has 0 amide bonds. The Kier molecular flexibility index (Phi) is 5.61. The first-order chi connectivity index (χ1) is 9.74. The third-order valence-electron chi connectivity index (χ3n) is 3.19. The molecule has 2 rings (SSSR count). The van der Waals surface area contributed by atoms with Crippen molar-refractivity contribution in [2.45, 2.75) is 39.2 Å². The summed E-state index contributed by atoms with van der Waals surface area (Å²) in [7, 11) is 0. The second kappa shape index (κ2) is 7.45. The Labute approximate surface area is 123 Å². The molecule has 0 fully saturated rings. The zero-order chi connectivity index (χ0) is 14.4. The highest BCUT2D eigenvalue weighted by Gasteiger charge is 2.18. The van der Waals surface area contributed by atoms with Gasteiger partial charge in [0.1, 0.15) is 5.82 Å². The fraction of sp³-hybridized carbons (Fsp3) is 0.467. The van der Waals surface area contributed by atoms with Crippen LogP contribution in [0.4, 0.5) is 4.39 Å². The number of halogens is 1. The summed E-state index contributed by atoms with van der Waals surface area (Å²) in [6.45, 7) is 5.12. The number of rotatable bonds is 7. The van der Waals surface area contributed by atoms with Crippen molar-refractivity contribution >= 4 is 11.5 Å². The van der Waals surface area contributed by atoms with Gasteiger partial charge in [0.15, 0.2) is 0 Å². The molecular formula is C15H20FN3S. The molecule has 0 saturated heterocycles. The van der Waals surface area contributed by atoms with E-state index < -0.39 is 0 Å². The molecule has 108 valence electrons. The predicted molar refractivity (Wildman–Crippen MR) is 80.4 cm³/mol. The molecule has 0 saturated carbocycles. The second-order valence-electron chi connectivity index (χ2n) is 4.77. The van der Waals surface area contributed by atoms with Crippen molar-refractivity contribution in [1.82, 2.24) is 14.9 Å². The summed E-state index contributed by atoms with van der Waals surface area (Å²) < 4.78 is 17.1. The van der Waals surface area contributed by atoms with Crippen LogP contribution in [-0.2, 0) is 12.8 Å². The van der Waals surface area contributed by atoms with Gasteiger partial charge < -0.3 is 5.32 Å². The summed E-state index contributed by atoms with van der Waals surface area (Å²) >= 11 is 1.46.